The Labute approximate surface area is 166 Å². The number of amides is 1. The zero-order chi connectivity index (χ0) is 20.3. The Bertz CT molecular complexity index is 865. The monoisotopic (exact) mass is 412 g/mol. The van der Waals surface area contributed by atoms with Crippen LogP contribution in [0.3, 0.4) is 0 Å². The van der Waals surface area contributed by atoms with E-state index < -0.39 is 17.6 Å². The van der Waals surface area contributed by atoms with Crippen LogP contribution in [0.15, 0.2) is 36.4 Å². The number of halogens is 4. The highest BCUT2D eigenvalue weighted by Crippen LogP contribution is 2.37. The first-order chi connectivity index (χ1) is 13.3. The van der Waals surface area contributed by atoms with Gasteiger partial charge in [0.05, 0.1) is 29.6 Å². The first kappa shape index (κ1) is 20.3. The number of piperidine rings is 1. The van der Waals surface area contributed by atoms with Crippen molar-refractivity contribution >= 4 is 28.9 Å². The molecule has 150 valence electrons. The summed E-state index contributed by atoms with van der Waals surface area (Å²) in [5.74, 6) is -0.301. The highest BCUT2D eigenvalue weighted by Gasteiger charge is 2.32. The molecule has 0 aromatic heterocycles. The molecule has 0 atom stereocenters. The molecular formula is C20H20ClF3N2O2. The molecule has 8 heteroatoms. The maximum Gasteiger partial charge on any atom is 0.416 e. The zero-order valence-electron chi connectivity index (χ0n) is 15.3. The minimum atomic E-state index is -4.51. The van der Waals surface area contributed by atoms with E-state index in [1.807, 2.05) is 4.90 Å². The van der Waals surface area contributed by atoms with Crippen molar-refractivity contribution in [1.82, 2.24) is 0 Å². The van der Waals surface area contributed by atoms with Crippen LogP contribution in [0.25, 0.3) is 0 Å². The normalized spacial score (nSPS) is 14.7. The quantitative estimate of drug-likeness (QED) is 0.709. The fraction of sp³-hybridized carbons (Fsp3) is 0.350. The van der Waals surface area contributed by atoms with Crippen LogP contribution in [0.2, 0.25) is 5.02 Å². The Kier molecular flexibility index (Phi) is 6.03. The molecule has 3 rings (SSSR count). The molecule has 0 radical (unpaired) electrons. The summed E-state index contributed by atoms with van der Waals surface area (Å²) in [6.45, 7) is 1.46. The number of hydrogen-bond acceptors (Lipinski definition) is 3. The predicted molar refractivity (Wildman–Crippen MR) is 103 cm³/mol. The van der Waals surface area contributed by atoms with Crippen molar-refractivity contribution in [3.8, 4) is 5.75 Å². The molecule has 0 spiro atoms. The minimum Gasteiger partial charge on any atom is -0.496 e. The maximum absolute atomic E-state index is 13.2. The van der Waals surface area contributed by atoms with Crippen LogP contribution in [0, 0.1) is 0 Å². The number of alkyl halides is 3. The van der Waals surface area contributed by atoms with Crippen molar-refractivity contribution in [2.24, 2.45) is 0 Å². The number of anilines is 2. The van der Waals surface area contributed by atoms with E-state index in [0.717, 1.165) is 44.5 Å². The van der Waals surface area contributed by atoms with Crippen LogP contribution < -0.4 is 15.0 Å². The van der Waals surface area contributed by atoms with E-state index in [1.54, 1.807) is 6.07 Å². The van der Waals surface area contributed by atoms with E-state index in [1.165, 1.54) is 25.3 Å². The average Bonchev–Trinajstić information content (AvgIpc) is 2.68. The van der Waals surface area contributed by atoms with Crippen molar-refractivity contribution in [2.45, 2.75) is 25.4 Å². The Morgan fingerprint density at radius 3 is 2.46 bits per heavy atom. The van der Waals surface area contributed by atoms with Gasteiger partial charge < -0.3 is 15.0 Å². The summed E-state index contributed by atoms with van der Waals surface area (Å²) in [5, 5.41) is 2.94. The largest absolute Gasteiger partial charge is 0.496 e. The zero-order valence-corrected chi connectivity index (χ0v) is 16.0. The fourth-order valence-corrected chi connectivity index (χ4v) is 3.44. The van der Waals surface area contributed by atoms with Crippen molar-refractivity contribution in [2.75, 3.05) is 30.4 Å². The van der Waals surface area contributed by atoms with Crippen LogP contribution in [0.4, 0.5) is 24.5 Å². The van der Waals surface area contributed by atoms with Crippen LogP contribution >= 0.6 is 11.6 Å². The highest BCUT2D eigenvalue weighted by molar-refractivity contribution is 6.31. The number of benzene rings is 2. The van der Waals surface area contributed by atoms with Crippen molar-refractivity contribution in [1.29, 1.82) is 0 Å². The maximum atomic E-state index is 13.2. The van der Waals surface area contributed by atoms with Crippen molar-refractivity contribution in [3.63, 3.8) is 0 Å². The molecule has 0 aliphatic carbocycles. The average molecular weight is 413 g/mol. The molecule has 28 heavy (non-hydrogen) atoms. The van der Waals surface area contributed by atoms with Crippen LogP contribution in [0.1, 0.15) is 35.2 Å². The smallest absolute Gasteiger partial charge is 0.416 e. The first-order valence-electron chi connectivity index (χ1n) is 8.90. The molecule has 1 aliphatic heterocycles. The first-order valence-corrected chi connectivity index (χ1v) is 9.28. The van der Waals surface area contributed by atoms with Gasteiger partial charge in [0.25, 0.3) is 5.91 Å². The molecule has 1 fully saturated rings. The van der Waals surface area contributed by atoms with Gasteiger partial charge in [0, 0.05) is 18.1 Å². The van der Waals surface area contributed by atoms with E-state index in [2.05, 4.69) is 5.32 Å². The lowest BCUT2D eigenvalue weighted by Crippen LogP contribution is -2.30. The number of methoxy groups -OCH3 is 1. The fourth-order valence-electron chi connectivity index (χ4n) is 3.27. The third kappa shape index (κ3) is 4.52. The molecule has 1 aliphatic rings. The molecule has 0 unspecified atom stereocenters. The summed E-state index contributed by atoms with van der Waals surface area (Å²) < 4.78 is 44.8. The molecule has 2 aromatic carbocycles. The lowest BCUT2D eigenvalue weighted by Gasteiger charge is -2.31. The Hall–Kier alpha value is -2.41. The van der Waals surface area contributed by atoms with Gasteiger partial charge in [-0.1, -0.05) is 11.6 Å². The summed E-state index contributed by atoms with van der Waals surface area (Å²) in [6, 6.07) is 7.96. The summed E-state index contributed by atoms with van der Waals surface area (Å²) in [6.07, 6.45) is -1.51. The number of carbonyl (C=O) groups excluding carboxylic acids is 1. The van der Waals surface area contributed by atoms with Crippen LogP contribution in [0.5, 0.6) is 5.75 Å². The Morgan fingerprint density at radius 2 is 1.82 bits per heavy atom. The van der Waals surface area contributed by atoms with Gasteiger partial charge in [-0.3, -0.25) is 4.79 Å². The summed E-state index contributed by atoms with van der Waals surface area (Å²) in [5.41, 5.74) is 0.0180. The van der Waals surface area contributed by atoms with Gasteiger partial charge in [-0.2, -0.15) is 13.2 Å². The van der Waals surface area contributed by atoms with Crippen molar-refractivity contribution in [3.05, 3.63) is 52.5 Å². The summed E-state index contributed by atoms with van der Waals surface area (Å²) in [4.78, 5) is 14.8. The third-order valence-corrected chi connectivity index (χ3v) is 4.91. The topological polar surface area (TPSA) is 41.6 Å². The Morgan fingerprint density at radius 1 is 1.11 bits per heavy atom. The van der Waals surface area contributed by atoms with Gasteiger partial charge in [0.1, 0.15) is 5.75 Å². The molecule has 1 saturated heterocycles. The predicted octanol–water partition coefficient (Wildman–Crippen LogP) is 5.61. The molecule has 2 aromatic rings. The van der Waals surface area contributed by atoms with Gasteiger partial charge in [0.15, 0.2) is 0 Å². The van der Waals surface area contributed by atoms with Gasteiger partial charge in [-0.05, 0) is 55.7 Å². The second kappa shape index (κ2) is 8.31. The molecule has 1 N–H and O–H groups in total. The van der Waals surface area contributed by atoms with Gasteiger partial charge in [-0.15, -0.1) is 0 Å². The van der Waals surface area contributed by atoms with Gasteiger partial charge in [-0.25, -0.2) is 0 Å². The lowest BCUT2D eigenvalue weighted by atomic mass is 10.1. The second-order valence-electron chi connectivity index (χ2n) is 6.58. The van der Waals surface area contributed by atoms with E-state index >= 15 is 0 Å². The number of hydrogen-bond donors (Lipinski definition) is 1. The molecule has 0 bridgehead atoms. The molecule has 4 nitrogen and oxygen atoms in total. The van der Waals surface area contributed by atoms with Crippen LogP contribution in [-0.4, -0.2) is 26.1 Å². The highest BCUT2D eigenvalue weighted by atomic mass is 35.5. The van der Waals surface area contributed by atoms with Crippen LogP contribution in [-0.2, 0) is 6.18 Å². The standard InChI is InChI=1S/C20H20ClF3N2O2/c1-28-18-8-6-14(21)12-15(18)19(27)25-16-11-13(20(22,23)24)5-7-17(16)26-9-3-2-4-10-26/h5-8,11-12H,2-4,9-10H2,1H3,(H,25,27). The minimum absolute atomic E-state index is 0.115. The molecule has 1 heterocycles. The van der Waals surface area contributed by atoms with Crippen molar-refractivity contribution < 1.29 is 22.7 Å². The van der Waals surface area contributed by atoms with Gasteiger partial charge in [0.2, 0.25) is 0 Å². The number of nitrogens with zero attached hydrogens (tertiary/aromatic N) is 1. The second-order valence-corrected chi connectivity index (χ2v) is 7.01. The number of carbonyl (C=O) groups is 1. The number of rotatable bonds is 4. The molecule has 0 saturated carbocycles. The molecule has 1 amide bonds. The number of ether oxygens (including phenoxy) is 1. The van der Waals surface area contributed by atoms with E-state index in [4.69, 9.17) is 16.3 Å². The third-order valence-electron chi connectivity index (χ3n) is 4.67. The Balaban J connectivity index is 1.98. The lowest BCUT2D eigenvalue weighted by molar-refractivity contribution is -0.137. The van der Waals surface area contributed by atoms with E-state index in [9.17, 15) is 18.0 Å². The molecular weight excluding hydrogens is 393 g/mol. The summed E-state index contributed by atoms with van der Waals surface area (Å²) in [7, 11) is 1.41. The van der Waals surface area contributed by atoms with Gasteiger partial charge >= 0.3 is 6.18 Å². The number of nitrogens with one attached hydrogen (secondary N) is 1. The van der Waals surface area contributed by atoms with E-state index in [-0.39, 0.29) is 17.0 Å². The van der Waals surface area contributed by atoms with E-state index in [0.29, 0.717) is 10.7 Å². The summed E-state index contributed by atoms with van der Waals surface area (Å²) >= 11 is 5.97. The SMILES string of the molecule is COc1ccc(Cl)cc1C(=O)Nc1cc(C(F)(F)F)ccc1N1CCCCC1.